The van der Waals surface area contributed by atoms with Crippen molar-refractivity contribution in [3.8, 4) is 0 Å². The van der Waals surface area contributed by atoms with E-state index in [1.807, 2.05) is 43.0 Å². The van der Waals surface area contributed by atoms with E-state index in [1.54, 1.807) is 12.4 Å². The van der Waals surface area contributed by atoms with Crippen LogP contribution in [0.2, 0.25) is 0 Å². The molecule has 0 saturated carbocycles. The second-order valence-electron chi connectivity index (χ2n) is 11.5. The Labute approximate surface area is 304 Å². The summed E-state index contributed by atoms with van der Waals surface area (Å²) in [6, 6.07) is 27.1. The number of carbonyl (C=O) groups is 2. The molecule has 4 aromatic heterocycles. The van der Waals surface area contributed by atoms with Crippen molar-refractivity contribution in [1.29, 1.82) is 0 Å². The van der Waals surface area contributed by atoms with Crippen molar-refractivity contribution in [3.05, 3.63) is 143 Å². The lowest BCUT2D eigenvalue weighted by molar-refractivity contribution is 0.0582. The maximum Gasteiger partial charge on any atom is 0.357 e. The molecule has 0 spiro atoms. The molecule has 0 fully saturated rings. The number of carbonyl (C=O) groups excluding carboxylic acids is 2. The first-order valence-corrected chi connectivity index (χ1v) is 18.5. The van der Waals surface area contributed by atoms with Gasteiger partial charge in [-0.1, -0.05) is 66.0 Å². The van der Waals surface area contributed by atoms with Gasteiger partial charge in [-0.05, 0) is 76.4 Å². The number of fused-ring (bicyclic) bond motifs is 2. The van der Waals surface area contributed by atoms with Gasteiger partial charge in [-0.2, -0.15) is 0 Å². The predicted molar refractivity (Wildman–Crippen MR) is 202 cm³/mol. The van der Waals surface area contributed by atoms with E-state index in [-0.39, 0.29) is 0 Å². The Morgan fingerprint density at radius 1 is 0.706 bits per heavy atom. The maximum absolute atomic E-state index is 12.2. The fourth-order valence-electron chi connectivity index (χ4n) is 5.71. The van der Waals surface area contributed by atoms with Crippen LogP contribution in [0.15, 0.2) is 114 Å². The van der Waals surface area contributed by atoms with Gasteiger partial charge in [-0.15, -0.1) is 0 Å². The highest BCUT2D eigenvalue weighted by Gasteiger charge is 2.18. The Balaban J connectivity index is 0.000000183. The molecule has 0 bridgehead atoms. The molecule has 0 radical (unpaired) electrons. The fraction of sp³-hybridized carbons (Fsp3) is 0.179. The number of benzene rings is 3. The van der Waals surface area contributed by atoms with Crippen molar-refractivity contribution < 1.29 is 19.1 Å². The van der Waals surface area contributed by atoms with Gasteiger partial charge < -0.3 is 19.0 Å². The number of H-pyrrole nitrogens is 1. The lowest BCUT2D eigenvalue weighted by Crippen LogP contribution is -2.11. The minimum Gasteiger partial charge on any atom is -0.464 e. The molecule has 3 aromatic carbocycles. The van der Waals surface area contributed by atoms with Crippen LogP contribution in [0.1, 0.15) is 48.8 Å². The topological polar surface area (TPSA) is 125 Å². The van der Waals surface area contributed by atoms with E-state index in [2.05, 4.69) is 90.3 Å². The van der Waals surface area contributed by atoms with E-state index in [1.165, 1.54) is 54.2 Å². The van der Waals surface area contributed by atoms with Gasteiger partial charge in [0.1, 0.15) is 0 Å². The first kappa shape index (κ1) is 35.4. The number of nitrogens with one attached hydrogen (secondary N) is 1. The molecule has 10 nitrogen and oxygen atoms in total. The summed E-state index contributed by atoms with van der Waals surface area (Å²) in [5.74, 6) is -0.872. The molecule has 258 valence electrons. The zero-order chi connectivity index (χ0) is 35.7. The van der Waals surface area contributed by atoms with Gasteiger partial charge in [0, 0.05) is 66.3 Å². The Kier molecular flexibility index (Phi) is 11.4. The predicted octanol–water partition coefficient (Wildman–Crippen LogP) is 7.64. The number of methoxy groups -OCH3 is 2. The van der Waals surface area contributed by atoms with Crippen LogP contribution in [-0.2, 0) is 28.9 Å². The van der Waals surface area contributed by atoms with Gasteiger partial charge in [-0.3, -0.25) is 0 Å². The van der Waals surface area contributed by atoms with Crippen LogP contribution in [-0.4, -0.2) is 68.2 Å². The van der Waals surface area contributed by atoms with Crippen LogP contribution >= 0.6 is 23.5 Å². The minimum absolute atomic E-state index is 0.327. The second kappa shape index (κ2) is 16.5. The van der Waals surface area contributed by atoms with Crippen LogP contribution in [0.4, 0.5) is 0 Å². The lowest BCUT2D eigenvalue weighted by Gasteiger charge is -2.09. The van der Waals surface area contributed by atoms with E-state index in [0.717, 1.165) is 39.7 Å². The van der Waals surface area contributed by atoms with Gasteiger partial charge in [0.25, 0.3) is 0 Å². The standard InChI is InChI=1S/C23H21N3O2S.C16H15N3O2S/c1-28-22(27)21-19(14-24-23(25-21)29-2)13-17-8-9-20-18(12-17)10-11-26(20)15-16-6-4-3-5-7-16;1-21-15(20)14-12(9-18-16(19-14)22-2)8-10-3-4-13-11(7-10)5-6-17-13/h3-12,14H,13,15H2,1-2H3;3-7,9,17H,8H2,1-2H3. The van der Waals surface area contributed by atoms with E-state index in [4.69, 9.17) is 9.47 Å². The Morgan fingerprint density at radius 3 is 1.88 bits per heavy atom. The summed E-state index contributed by atoms with van der Waals surface area (Å²) in [7, 11) is 2.73. The molecule has 0 amide bonds. The van der Waals surface area contributed by atoms with E-state index in [0.29, 0.717) is 34.5 Å². The van der Waals surface area contributed by atoms with Crippen LogP contribution in [0.25, 0.3) is 21.8 Å². The van der Waals surface area contributed by atoms with Crippen molar-refractivity contribution >= 4 is 57.3 Å². The Hall–Kier alpha value is -5.46. The zero-order valence-electron chi connectivity index (χ0n) is 28.6. The summed E-state index contributed by atoms with van der Waals surface area (Å²) in [6.07, 6.45) is 12.3. The minimum atomic E-state index is -0.437. The second-order valence-corrected chi connectivity index (χ2v) is 13.1. The van der Waals surface area contributed by atoms with Crippen LogP contribution in [0, 0.1) is 0 Å². The van der Waals surface area contributed by atoms with Crippen LogP contribution < -0.4 is 0 Å². The fourth-order valence-corrected chi connectivity index (χ4v) is 6.39. The molecule has 7 rings (SSSR count). The Morgan fingerprint density at radius 2 is 1.29 bits per heavy atom. The smallest absolute Gasteiger partial charge is 0.357 e. The maximum atomic E-state index is 12.2. The molecule has 0 atom stereocenters. The molecular formula is C39H36N6O4S2. The first-order valence-electron chi connectivity index (χ1n) is 16.0. The molecule has 0 aliphatic rings. The van der Waals surface area contributed by atoms with Gasteiger partial charge >= 0.3 is 11.9 Å². The summed E-state index contributed by atoms with van der Waals surface area (Å²) in [6.45, 7) is 0.833. The van der Waals surface area contributed by atoms with Crippen LogP contribution in [0.3, 0.4) is 0 Å². The van der Waals surface area contributed by atoms with Crippen molar-refractivity contribution in [1.82, 2.24) is 29.5 Å². The zero-order valence-corrected chi connectivity index (χ0v) is 30.3. The molecule has 0 unspecified atom stereocenters. The average molecular weight is 717 g/mol. The number of hydrogen-bond donors (Lipinski definition) is 1. The molecule has 12 heteroatoms. The Bertz CT molecular complexity index is 2300. The van der Waals surface area contributed by atoms with Crippen LogP contribution in [0.5, 0.6) is 0 Å². The highest BCUT2D eigenvalue weighted by Crippen LogP contribution is 2.23. The van der Waals surface area contributed by atoms with Crippen molar-refractivity contribution in [2.45, 2.75) is 29.7 Å². The molecule has 4 heterocycles. The average Bonchev–Trinajstić information content (AvgIpc) is 3.81. The van der Waals surface area contributed by atoms with Crippen molar-refractivity contribution in [3.63, 3.8) is 0 Å². The third-order valence-electron chi connectivity index (χ3n) is 8.25. The highest BCUT2D eigenvalue weighted by molar-refractivity contribution is 7.98. The third-order valence-corrected chi connectivity index (χ3v) is 9.37. The van der Waals surface area contributed by atoms with Gasteiger partial charge in [0.05, 0.1) is 14.2 Å². The van der Waals surface area contributed by atoms with Gasteiger partial charge in [-0.25, -0.2) is 29.5 Å². The molecule has 51 heavy (non-hydrogen) atoms. The number of hydrogen-bond acceptors (Lipinski definition) is 10. The largest absolute Gasteiger partial charge is 0.464 e. The molecule has 7 aromatic rings. The number of aromatic nitrogens is 6. The summed E-state index contributed by atoms with van der Waals surface area (Å²) in [5.41, 5.74) is 7.91. The lowest BCUT2D eigenvalue weighted by atomic mass is 10.0. The van der Waals surface area contributed by atoms with Crippen molar-refractivity contribution in [2.24, 2.45) is 0 Å². The molecular weight excluding hydrogens is 681 g/mol. The molecule has 0 aliphatic carbocycles. The van der Waals surface area contributed by atoms with Gasteiger partial charge in [0.15, 0.2) is 21.7 Å². The summed E-state index contributed by atoms with van der Waals surface area (Å²) < 4.78 is 12.0. The normalized spacial score (nSPS) is 10.9. The first-order chi connectivity index (χ1) is 24.9. The highest BCUT2D eigenvalue weighted by atomic mass is 32.2. The summed E-state index contributed by atoms with van der Waals surface area (Å²) in [5, 5.41) is 3.42. The summed E-state index contributed by atoms with van der Waals surface area (Å²) in [4.78, 5) is 44.5. The quantitative estimate of drug-likeness (QED) is 0.0858. The third kappa shape index (κ3) is 8.47. The number of ether oxygens (including phenoxy) is 2. The number of thioether (sulfide) groups is 2. The monoisotopic (exact) mass is 716 g/mol. The van der Waals surface area contributed by atoms with E-state index in [9.17, 15) is 9.59 Å². The van der Waals surface area contributed by atoms with E-state index >= 15 is 0 Å². The van der Waals surface area contributed by atoms with Gasteiger partial charge in [0.2, 0.25) is 0 Å². The molecule has 1 N–H and O–H groups in total. The van der Waals surface area contributed by atoms with E-state index < -0.39 is 11.9 Å². The molecule has 0 aliphatic heterocycles. The molecule has 0 saturated heterocycles. The SMILES string of the molecule is COC(=O)c1nc(SC)ncc1Cc1ccc2[nH]ccc2c1.COC(=O)c1nc(SC)ncc1Cc1ccc2c(ccn2Cc2ccccc2)c1. The number of esters is 2. The number of aromatic amines is 1. The number of nitrogens with zero attached hydrogens (tertiary/aromatic N) is 5. The number of rotatable bonds is 10. The van der Waals surface area contributed by atoms with Crippen molar-refractivity contribution in [2.75, 3.05) is 26.7 Å². The summed E-state index contributed by atoms with van der Waals surface area (Å²) >= 11 is 2.79.